The smallest absolute Gasteiger partial charge is 0.0804 e. The second kappa shape index (κ2) is 6.41. The zero-order chi connectivity index (χ0) is 11.1. The third-order valence-corrected chi connectivity index (χ3v) is 2.46. The average Bonchev–Trinajstić information content (AvgIpc) is 2.29. The maximum Gasteiger partial charge on any atom is 0.0804 e. The first-order valence-corrected chi connectivity index (χ1v) is 5.61. The summed E-state index contributed by atoms with van der Waals surface area (Å²) in [5, 5.41) is 0. The predicted octanol–water partition coefficient (Wildman–Crippen LogP) is 4.12. The number of benzene rings is 1. The molecule has 0 radical (unpaired) electrons. The predicted molar refractivity (Wildman–Crippen MR) is 64.8 cm³/mol. The average molecular weight is 204 g/mol. The van der Waals surface area contributed by atoms with Crippen LogP contribution in [-0.4, -0.2) is 6.10 Å². The number of ether oxygens (including phenoxy) is 1. The summed E-state index contributed by atoms with van der Waals surface area (Å²) in [5.41, 5.74) is 1.24. The third-order valence-electron chi connectivity index (χ3n) is 2.46. The van der Waals surface area contributed by atoms with Gasteiger partial charge in [-0.2, -0.15) is 0 Å². The highest BCUT2D eigenvalue weighted by Crippen LogP contribution is 2.19. The fourth-order valence-corrected chi connectivity index (χ4v) is 1.56. The van der Waals surface area contributed by atoms with Crippen molar-refractivity contribution < 1.29 is 4.74 Å². The minimum atomic E-state index is 0.160. The minimum Gasteiger partial charge on any atom is -0.367 e. The van der Waals surface area contributed by atoms with Crippen LogP contribution in [0.3, 0.4) is 0 Å². The molecule has 2 unspecified atom stereocenters. The van der Waals surface area contributed by atoms with E-state index in [1.54, 1.807) is 0 Å². The molecule has 0 heterocycles. The number of hydrogen-bond acceptors (Lipinski definition) is 1. The zero-order valence-corrected chi connectivity index (χ0v) is 9.81. The standard InChI is InChI=1S/C14H20O/c1-4-9-14(5-2)15-12(3)13-10-7-6-8-11-13/h4,6-12,14H,5H2,1-3H3/b9-4+. The molecule has 0 spiro atoms. The summed E-state index contributed by atoms with van der Waals surface area (Å²) < 4.78 is 5.94. The molecule has 0 bridgehead atoms. The molecule has 1 heteroatoms. The Morgan fingerprint density at radius 2 is 1.93 bits per heavy atom. The summed E-state index contributed by atoms with van der Waals surface area (Å²) in [7, 11) is 0. The second-order valence-corrected chi connectivity index (χ2v) is 3.66. The van der Waals surface area contributed by atoms with Crippen molar-refractivity contribution >= 4 is 0 Å². The number of allylic oxidation sites excluding steroid dienone is 1. The molecule has 82 valence electrons. The second-order valence-electron chi connectivity index (χ2n) is 3.66. The maximum atomic E-state index is 5.94. The van der Waals surface area contributed by atoms with Crippen molar-refractivity contribution in [1.82, 2.24) is 0 Å². The van der Waals surface area contributed by atoms with E-state index in [0.29, 0.717) is 0 Å². The Labute approximate surface area is 92.8 Å². The molecule has 0 aromatic heterocycles. The van der Waals surface area contributed by atoms with Gasteiger partial charge in [-0.05, 0) is 25.8 Å². The van der Waals surface area contributed by atoms with Gasteiger partial charge in [0.15, 0.2) is 0 Å². The summed E-state index contributed by atoms with van der Waals surface area (Å²) in [6, 6.07) is 10.3. The molecule has 0 aliphatic heterocycles. The van der Waals surface area contributed by atoms with Gasteiger partial charge in [-0.15, -0.1) is 0 Å². The largest absolute Gasteiger partial charge is 0.367 e. The lowest BCUT2D eigenvalue weighted by atomic mass is 10.1. The Kier molecular flexibility index (Phi) is 5.13. The van der Waals surface area contributed by atoms with Crippen LogP contribution < -0.4 is 0 Å². The maximum absolute atomic E-state index is 5.94. The third kappa shape index (κ3) is 3.88. The SMILES string of the molecule is C/C=C/C(CC)OC(C)c1ccccc1. The lowest BCUT2D eigenvalue weighted by Crippen LogP contribution is -2.11. The molecule has 0 fully saturated rings. The van der Waals surface area contributed by atoms with Gasteiger partial charge in [0.2, 0.25) is 0 Å². The van der Waals surface area contributed by atoms with Crippen molar-refractivity contribution in [2.45, 2.75) is 39.4 Å². The van der Waals surface area contributed by atoms with Gasteiger partial charge in [0.1, 0.15) is 0 Å². The van der Waals surface area contributed by atoms with E-state index >= 15 is 0 Å². The van der Waals surface area contributed by atoms with E-state index in [-0.39, 0.29) is 12.2 Å². The number of rotatable bonds is 5. The van der Waals surface area contributed by atoms with Crippen molar-refractivity contribution in [2.24, 2.45) is 0 Å². The molecule has 0 saturated carbocycles. The summed E-state index contributed by atoms with van der Waals surface area (Å²) in [5.74, 6) is 0. The first-order valence-electron chi connectivity index (χ1n) is 5.61. The van der Waals surface area contributed by atoms with Gasteiger partial charge in [0, 0.05) is 0 Å². The van der Waals surface area contributed by atoms with Gasteiger partial charge < -0.3 is 4.74 Å². The van der Waals surface area contributed by atoms with Gasteiger partial charge in [-0.25, -0.2) is 0 Å². The molecule has 1 rings (SSSR count). The molecule has 2 atom stereocenters. The van der Waals surface area contributed by atoms with Crippen molar-refractivity contribution in [2.75, 3.05) is 0 Å². The lowest BCUT2D eigenvalue weighted by molar-refractivity contribution is 0.0216. The fourth-order valence-electron chi connectivity index (χ4n) is 1.56. The van der Waals surface area contributed by atoms with Crippen molar-refractivity contribution in [1.29, 1.82) is 0 Å². The van der Waals surface area contributed by atoms with Crippen LogP contribution in [0.1, 0.15) is 38.9 Å². The topological polar surface area (TPSA) is 9.23 Å². The molecule has 0 N–H and O–H groups in total. The fraction of sp³-hybridized carbons (Fsp3) is 0.429. The molecular weight excluding hydrogens is 184 g/mol. The molecule has 1 nitrogen and oxygen atoms in total. The molecule has 0 aliphatic rings. The molecule has 0 aliphatic carbocycles. The van der Waals surface area contributed by atoms with E-state index in [2.05, 4.69) is 32.1 Å². The zero-order valence-electron chi connectivity index (χ0n) is 9.81. The van der Waals surface area contributed by atoms with Crippen LogP contribution in [0.4, 0.5) is 0 Å². The van der Waals surface area contributed by atoms with Gasteiger partial charge >= 0.3 is 0 Å². The summed E-state index contributed by atoms with van der Waals surface area (Å²) >= 11 is 0. The Morgan fingerprint density at radius 1 is 1.27 bits per heavy atom. The van der Waals surface area contributed by atoms with E-state index in [9.17, 15) is 0 Å². The summed E-state index contributed by atoms with van der Waals surface area (Å²) in [4.78, 5) is 0. The highest BCUT2D eigenvalue weighted by Gasteiger charge is 2.09. The van der Waals surface area contributed by atoms with Crippen LogP contribution in [0.15, 0.2) is 42.5 Å². The van der Waals surface area contributed by atoms with Crippen molar-refractivity contribution in [3.63, 3.8) is 0 Å². The lowest BCUT2D eigenvalue weighted by Gasteiger charge is -2.19. The van der Waals surface area contributed by atoms with E-state index in [0.717, 1.165) is 6.42 Å². The van der Waals surface area contributed by atoms with Gasteiger partial charge in [-0.3, -0.25) is 0 Å². The normalized spacial score (nSPS) is 15.4. The number of hydrogen-bond donors (Lipinski definition) is 0. The van der Waals surface area contributed by atoms with Crippen LogP contribution in [0.25, 0.3) is 0 Å². The molecule has 15 heavy (non-hydrogen) atoms. The van der Waals surface area contributed by atoms with Crippen molar-refractivity contribution in [3.8, 4) is 0 Å². The summed E-state index contributed by atoms with van der Waals surface area (Å²) in [6.07, 6.45) is 5.56. The van der Waals surface area contributed by atoms with Gasteiger partial charge in [0.05, 0.1) is 12.2 Å². The molecule has 1 aromatic carbocycles. The highest BCUT2D eigenvalue weighted by atomic mass is 16.5. The van der Waals surface area contributed by atoms with E-state index in [4.69, 9.17) is 4.74 Å². The van der Waals surface area contributed by atoms with Gasteiger partial charge in [0.25, 0.3) is 0 Å². The first kappa shape index (κ1) is 12.0. The molecular formula is C14H20O. The quantitative estimate of drug-likeness (QED) is 0.655. The van der Waals surface area contributed by atoms with E-state index in [1.165, 1.54) is 5.56 Å². The minimum absolute atomic E-state index is 0.160. The Morgan fingerprint density at radius 3 is 2.47 bits per heavy atom. The van der Waals surface area contributed by atoms with E-state index in [1.807, 2.05) is 31.2 Å². The first-order chi connectivity index (χ1) is 7.27. The van der Waals surface area contributed by atoms with Crippen LogP contribution >= 0.6 is 0 Å². The van der Waals surface area contributed by atoms with Crippen LogP contribution in [-0.2, 0) is 4.74 Å². The van der Waals surface area contributed by atoms with Crippen molar-refractivity contribution in [3.05, 3.63) is 48.0 Å². The Balaban J connectivity index is 2.58. The van der Waals surface area contributed by atoms with Gasteiger partial charge in [-0.1, -0.05) is 49.4 Å². The molecule has 0 amide bonds. The van der Waals surface area contributed by atoms with Crippen LogP contribution in [0, 0.1) is 0 Å². The van der Waals surface area contributed by atoms with Crippen LogP contribution in [0.5, 0.6) is 0 Å². The highest BCUT2D eigenvalue weighted by molar-refractivity contribution is 5.17. The Bertz CT molecular complexity index is 289. The monoisotopic (exact) mass is 204 g/mol. The molecule has 1 aromatic rings. The Hall–Kier alpha value is -1.08. The van der Waals surface area contributed by atoms with E-state index < -0.39 is 0 Å². The summed E-state index contributed by atoms with van der Waals surface area (Å²) in [6.45, 7) is 6.27. The van der Waals surface area contributed by atoms with Crippen LogP contribution in [0.2, 0.25) is 0 Å². The molecule has 0 saturated heterocycles.